The van der Waals surface area contributed by atoms with Crippen molar-refractivity contribution >= 4 is 21.5 Å². The molecule has 0 unspecified atom stereocenters. The number of hydrogen-bond acceptors (Lipinski definition) is 8. The summed E-state index contributed by atoms with van der Waals surface area (Å²) in [6, 6.07) is 1.64. The van der Waals surface area contributed by atoms with Gasteiger partial charge in [-0.3, -0.25) is 0 Å². The molecule has 0 saturated carbocycles. The van der Waals surface area contributed by atoms with E-state index in [9.17, 15) is 21.6 Å². The number of sulfonamides is 1. The molecule has 4 heterocycles. The molecule has 3 aromatic heterocycles. The zero-order valence-electron chi connectivity index (χ0n) is 16.2. The molecular weight excluding hydrogens is 439 g/mol. The maximum absolute atomic E-state index is 13.8. The summed E-state index contributed by atoms with van der Waals surface area (Å²) < 4.78 is 71.6. The third-order valence-electron chi connectivity index (χ3n) is 4.65. The Bertz CT molecular complexity index is 1200. The molecule has 0 bridgehead atoms. The number of morpholine rings is 1. The van der Waals surface area contributed by atoms with Crippen molar-refractivity contribution in [1.29, 1.82) is 0 Å². The maximum atomic E-state index is 13.8. The van der Waals surface area contributed by atoms with Crippen LogP contribution in [0.4, 0.5) is 19.0 Å². The largest absolute Gasteiger partial charge is 0.373 e. The van der Waals surface area contributed by atoms with E-state index >= 15 is 0 Å². The molecule has 1 saturated heterocycles. The second kappa shape index (κ2) is 8.36. The average molecular weight is 457 g/mol. The van der Waals surface area contributed by atoms with Crippen LogP contribution in [0.5, 0.6) is 0 Å². The molecule has 0 aromatic carbocycles. The highest BCUT2D eigenvalue weighted by atomic mass is 32.2. The smallest absolute Gasteiger partial charge is 0.283 e. The molecule has 166 valence electrons. The van der Waals surface area contributed by atoms with E-state index < -0.39 is 28.0 Å². The molecule has 1 N–H and O–H groups in total. The normalized spacial score (nSPS) is 17.6. The van der Waals surface area contributed by atoms with Crippen LogP contribution in [0.25, 0.3) is 16.9 Å². The second-order valence-corrected chi connectivity index (χ2v) is 8.76. The fraction of sp³-hybridized carbons (Fsp3) is 0.412. The van der Waals surface area contributed by atoms with Gasteiger partial charge in [0, 0.05) is 25.7 Å². The molecule has 0 amide bonds. The molecule has 0 aliphatic carbocycles. The van der Waals surface area contributed by atoms with E-state index in [1.54, 1.807) is 6.07 Å². The lowest BCUT2D eigenvalue weighted by molar-refractivity contribution is 0.0440. The number of anilines is 1. The summed E-state index contributed by atoms with van der Waals surface area (Å²) in [4.78, 5) is 14.0. The van der Waals surface area contributed by atoms with E-state index in [0.29, 0.717) is 36.8 Å². The number of alkyl halides is 2. The fourth-order valence-electron chi connectivity index (χ4n) is 3.20. The fourth-order valence-corrected chi connectivity index (χ4v) is 3.69. The van der Waals surface area contributed by atoms with Gasteiger partial charge < -0.3 is 9.64 Å². The maximum Gasteiger partial charge on any atom is 0.283 e. The van der Waals surface area contributed by atoms with Crippen LogP contribution in [-0.4, -0.2) is 71.6 Å². The summed E-state index contributed by atoms with van der Waals surface area (Å²) in [5.74, 6) is -0.615. The minimum atomic E-state index is -3.35. The van der Waals surface area contributed by atoms with Crippen LogP contribution in [0.2, 0.25) is 0 Å². The van der Waals surface area contributed by atoms with Gasteiger partial charge in [0.05, 0.1) is 42.6 Å². The number of fused-ring (bicyclic) bond motifs is 1. The molecule has 1 aliphatic rings. The van der Waals surface area contributed by atoms with Gasteiger partial charge in [-0.1, -0.05) is 0 Å². The van der Waals surface area contributed by atoms with Crippen LogP contribution in [0, 0.1) is 5.82 Å². The first-order valence-electron chi connectivity index (χ1n) is 9.17. The standard InChI is InChI=1S/C17H18F3N7O3S/c1-31(28,29)24-5-10-7-26(2-3-30-10)14-4-13(21-9-22-14)11-6-23-27-8-12(18)15(16(19)20)25-17(11)27/h4,6,8-10,16,24H,2-3,5,7H2,1H3/t10-/m0/s1. The van der Waals surface area contributed by atoms with Crippen LogP contribution >= 0.6 is 0 Å². The monoisotopic (exact) mass is 457 g/mol. The second-order valence-electron chi connectivity index (χ2n) is 6.92. The Hall–Kier alpha value is -2.84. The Labute approximate surface area is 175 Å². The highest BCUT2D eigenvalue weighted by Gasteiger charge is 2.24. The van der Waals surface area contributed by atoms with Crippen LogP contribution in [0.3, 0.4) is 0 Å². The minimum absolute atomic E-state index is 0.0403. The van der Waals surface area contributed by atoms with Crippen molar-refractivity contribution in [2.45, 2.75) is 12.5 Å². The molecule has 1 aliphatic heterocycles. The van der Waals surface area contributed by atoms with Crippen molar-refractivity contribution in [3.8, 4) is 11.3 Å². The molecule has 0 spiro atoms. The van der Waals surface area contributed by atoms with Crippen LogP contribution in [0.15, 0.2) is 24.8 Å². The predicted molar refractivity (Wildman–Crippen MR) is 104 cm³/mol. The summed E-state index contributed by atoms with van der Waals surface area (Å²) in [5.41, 5.74) is -0.206. The number of nitrogens with zero attached hydrogens (tertiary/aromatic N) is 6. The Morgan fingerprint density at radius 2 is 2.16 bits per heavy atom. The van der Waals surface area contributed by atoms with Crippen molar-refractivity contribution in [2.24, 2.45) is 0 Å². The Balaban J connectivity index is 1.61. The summed E-state index contributed by atoms with van der Waals surface area (Å²) in [6.07, 6.45) is 1.14. The third kappa shape index (κ3) is 4.75. The van der Waals surface area contributed by atoms with Gasteiger partial charge in [0.25, 0.3) is 6.43 Å². The number of hydrogen-bond donors (Lipinski definition) is 1. The lowest BCUT2D eigenvalue weighted by Crippen LogP contribution is -2.47. The molecule has 10 nitrogen and oxygen atoms in total. The summed E-state index contributed by atoms with van der Waals surface area (Å²) in [5, 5.41) is 3.97. The molecule has 1 fully saturated rings. The van der Waals surface area contributed by atoms with E-state index in [-0.39, 0.29) is 18.3 Å². The van der Waals surface area contributed by atoms with E-state index in [0.717, 1.165) is 17.0 Å². The molecule has 4 rings (SSSR count). The van der Waals surface area contributed by atoms with Crippen molar-refractivity contribution in [3.05, 3.63) is 36.3 Å². The minimum Gasteiger partial charge on any atom is -0.373 e. The lowest BCUT2D eigenvalue weighted by Gasteiger charge is -2.33. The lowest BCUT2D eigenvalue weighted by atomic mass is 10.2. The van der Waals surface area contributed by atoms with Gasteiger partial charge in [0.1, 0.15) is 17.8 Å². The van der Waals surface area contributed by atoms with Gasteiger partial charge in [-0.25, -0.2) is 45.8 Å². The van der Waals surface area contributed by atoms with Gasteiger partial charge in [-0.15, -0.1) is 0 Å². The Morgan fingerprint density at radius 3 is 2.90 bits per heavy atom. The van der Waals surface area contributed by atoms with Gasteiger partial charge in [0.2, 0.25) is 10.0 Å². The number of halogens is 3. The first-order chi connectivity index (χ1) is 14.7. The highest BCUT2D eigenvalue weighted by Crippen LogP contribution is 2.27. The topological polar surface area (TPSA) is 115 Å². The van der Waals surface area contributed by atoms with Gasteiger partial charge in [-0.05, 0) is 0 Å². The molecule has 14 heteroatoms. The molecule has 0 radical (unpaired) electrons. The molecule has 3 aromatic rings. The number of rotatable bonds is 6. The summed E-state index contributed by atoms with van der Waals surface area (Å²) in [7, 11) is -3.35. The predicted octanol–water partition coefficient (Wildman–Crippen LogP) is 1.02. The number of ether oxygens (including phenoxy) is 1. The van der Waals surface area contributed by atoms with Crippen molar-refractivity contribution in [3.63, 3.8) is 0 Å². The summed E-state index contributed by atoms with van der Waals surface area (Å²) >= 11 is 0. The van der Waals surface area contributed by atoms with Crippen LogP contribution in [0.1, 0.15) is 12.1 Å². The quantitative estimate of drug-likeness (QED) is 0.584. The zero-order valence-corrected chi connectivity index (χ0v) is 17.1. The highest BCUT2D eigenvalue weighted by molar-refractivity contribution is 7.88. The van der Waals surface area contributed by atoms with Crippen molar-refractivity contribution in [1.82, 2.24) is 29.3 Å². The van der Waals surface area contributed by atoms with E-state index in [2.05, 4.69) is 24.8 Å². The first-order valence-corrected chi connectivity index (χ1v) is 11.1. The van der Waals surface area contributed by atoms with Gasteiger partial charge in [0.15, 0.2) is 11.5 Å². The van der Waals surface area contributed by atoms with Crippen LogP contribution < -0.4 is 9.62 Å². The molecule has 1 atom stereocenters. The van der Waals surface area contributed by atoms with Gasteiger partial charge >= 0.3 is 0 Å². The average Bonchev–Trinajstić information content (AvgIpc) is 3.14. The van der Waals surface area contributed by atoms with E-state index in [1.165, 1.54) is 12.5 Å². The first kappa shape index (κ1) is 21.4. The Morgan fingerprint density at radius 1 is 1.35 bits per heavy atom. The van der Waals surface area contributed by atoms with Crippen molar-refractivity contribution in [2.75, 3.05) is 37.4 Å². The summed E-state index contributed by atoms with van der Waals surface area (Å²) in [6.45, 7) is 1.38. The van der Waals surface area contributed by atoms with Gasteiger partial charge in [-0.2, -0.15) is 5.10 Å². The molecular formula is C17H18F3N7O3S. The number of aromatic nitrogens is 5. The van der Waals surface area contributed by atoms with Crippen LogP contribution in [-0.2, 0) is 14.8 Å². The van der Waals surface area contributed by atoms with E-state index in [1.807, 2.05) is 4.90 Å². The molecule has 31 heavy (non-hydrogen) atoms. The third-order valence-corrected chi connectivity index (χ3v) is 5.34. The van der Waals surface area contributed by atoms with Crippen molar-refractivity contribution < 1.29 is 26.3 Å². The number of nitrogens with one attached hydrogen (secondary N) is 1. The SMILES string of the molecule is CS(=O)(=O)NC[C@H]1CN(c2cc(-c3cnn4cc(F)c(C(F)F)nc34)ncn2)CCO1. The van der Waals surface area contributed by atoms with E-state index in [4.69, 9.17) is 4.74 Å². The Kier molecular flexibility index (Phi) is 5.77. The zero-order chi connectivity index (χ0) is 22.2.